The second kappa shape index (κ2) is 7.49. The van der Waals surface area contributed by atoms with Gasteiger partial charge in [-0.3, -0.25) is 9.59 Å². The van der Waals surface area contributed by atoms with Crippen molar-refractivity contribution in [1.29, 1.82) is 0 Å². The number of nitrogens with one attached hydrogen (secondary N) is 1. The predicted octanol–water partition coefficient (Wildman–Crippen LogP) is -0.457. The number of hydrogen-bond donors (Lipinski definition) is 2. The first kappa shape index (κ1) is 18.0. The van der Waals surface area contributed by atoms with Gasteiger partial charge < -0.3 is 19.9 Å². The van der Waals surface area contributed by atoms with E-state index in [9.17, 15) is 18.0 Å². The highest BCUT2D eigenvalue weighted by atomic mass is 32.2. The van der Waals surface area contributed by atoms with E-state index in [-0.39, 0.29) is 17.9 Å². The first-order valence-corrected chi connectivity index (χ1v) is 8.66. The molecule has 0 unspecified atom stereocenters. The standard InChI is InChI=1S/C14H18N2O7S/c1-9(14(15)18)23-13(17)4-5-16-24(19,20)10-2-3-11-12(8-10)22-7-6-21-11/h2-3,8-9,16H,4-7H2,1H3,(H2,15,18)/t9-/m0/s1. The Labute approximate surface area is 139 Å². The van der Waals surface area contributed by atoms with Crippen molar-refractivity contribution in [1.82, 2.24) is 4.72 Å². The van der Waals surface area contributed by atoms with Crippen molar-refractivity contribution >= 4 is 21.9 Å². The molecule has 1 heterocycles. The third-order valence-electron chi connectivity index (χ3n) is 3.15. The first-order chi connectivity index (χ1) is 11.3. The molecule has 10 heteroatoms. The number of primary amides is 1. The van der Waals surface area contributed by atoms with Gasteiger partial charge >= 0.3 is 5.97 Å². The molecule has 3 N–H and O–H groups in total. The number of esters is 1. The highest BCUT2D eigenvalue weighted by Gasteiger charge is 2.20. The zero-order valence-corrected chi connectivity index (χ0v) is 13.8. The molecule has 0 fully saturated rings. The largest absolute Gasteiger partial charge is 0.486 e. The van der Waals surface area contributed by atoms with Crippen LogP contribution in [0.3, 0.4) is 0 Å². The van der Waals surface area contributed by atoms with Gasteiger partial charge in [0.2, 0.25) is 10.0 Å². The molecule has 1 aliphatic heterocycles. The van der Waals surface area contributed by atoms with Crippen molar-refractivity contribution in [3.63, 3.8) is 0 Å². The molecule has 132 valence electrons. The van der Waals surface area contributed by atoms with Gasteiger partial charge in [0, 0.05) is 12.6 Å². The van der Waals surface area contributed by atoms with Crippen LogP contribution in [0.15, 0.2) is 23.1 Å². The van der Waals surface area contributed by atoms with E-state index in [0.717, 1.165) is 0 Å². The molecule has 1 aromatic carbocycles. The molecule has 24 heavy (non-hydrogen) atoms. The highest BCUT2D eigenvalue weighted by Crippen LogP contribution is 2.32. The van der Waals surface area contributed by atoms with E-state index < -0.39 is 28.0 Å². The van der Waals surface area contributed by atoms with Gasteiger partial charge in [0.1, 0.15) is 13.2 Å². The number of benzene rings is 1. The molecule has 1 amide bonds. The van der Waals surface area contributed by atoms with Crippen LogP contribution in [-0.4, -0.2) is 46.2 Å². The van der Waals surface area contributed by atoms with Crippen LogP contribution in [0, 0.1) is 0 Å². The van der Waals surface area contributed by atoms with Crippen LogP contribution in [0.4, 0.5) is 0 Å². The summed E-state index contributed by atoms with van der Waals surface area (Å²) < 4.78 is 42.0. The fourth-order valence-corrected chi connectivity index (χ4v) is 2.92. The van der Waals surface area contributed by atoms with Crippen LogP contribution in [0.2, 0.25) is 0 Å². The zero-order valence-electron chi connectivity index (χ0n) is 13.0. The summed E-state index contributed by atoms with van der Waals surface area (Å²) in [6, 6.07) is 4.24. The number of amides is 1. The van der Waals surface area contributed by atoms with E-state index in [4.69, 9.17) is 19.9 Å². The minimum atomic E-state index is -3.82. The van der Waals surface area contributed by atoms with Gasteiger partial charge in [-0.15, -0.1) is 0 Å². The minimum Gasteiger partial charge on any atom is -0.486 e. The number of carbonyl (C=O) groups is 2. The van der Waals surface area contributed by atoms with E-state index in [0.29, 0.717) is 24.7 Å². The number of hydrogen-bond acceptors (Lipinski definition) is 7. The van der Waals surface area contributed by atoms with Crippen molar-refractivity contribution in [3.8, 4) is 11.5 Å². The number of rotatable bonds is 7. The summed E-state index contributed by atoms with van der Waals surface area (Å²) in [5.74, 6) is -0.686. The van der Waals surface area contributed by atoms with Gasteiger partial charge in [0.05, 0.1) is 11.3 Å². The Morgan fingerprint density at radius 3 is 2.62 bits per heavy atom. The molecule has 0 saturated heterocycles. The quantitative estimate of drug-likeness (QED) is 0.630. The van der Waals surface area contributed by atoms with Crippen LogP contribution in [0.1, 0.15) is 13.3 Å². The van der Waals surface area contributed by atoms with Crippen molar-refractivity contribution < 1.29 is 32.2 Å². The molecule has 0 spiro atoms. The molecular formula is C14H18N2O7S. The lowest BCUT2D eigenvalue weighted by atomic mass is 10.3. The average molecular weight is 358 g/mol. The molecule has 1 aromatic rings. The van der Waals surface area contributed by atoms with Crippen LogP contribution in [0.25, 0.3) is 0 Å². The highest BCUT2D eigenvalue weighted by molar-refractivity contribution is 7.89. The maximum atomic E-state index is 12.2. The van der Waals surface area contributed by atoms with E-state index in [1.165, 1.54) is 25.1 Å². The Morgan fingerprint density at radius 1 is 1.29 bits per heavy atom. The van der Waals surface area contributed by atoms with Crippen molar-refractivity contribution in [2.45, 2.75) is 24.3 Å². The van der Waals surface area contributed by atoms with Crippen molar-refractivity contribution in [2.24, 2.45) is 5.73 Å². The van der Waals surface area contributed by atoms with Gasteiger partial charge in [-0.25, -0.2) is 13.1 Å². The monoisotopic (exact) mass is 358 g/mol. The molecule has 0 saturated carbocycles. The zero-order chi connectivity index (χ0) is 17.7. The first-order valence-electron chi connectivity index (χ1n) is 7.18. The topological polar surface area (TPSA) is 134 Å². The number of sulfonamides is 1. The molecule has 1 atom stereocenters. The van der Waals surface area contributed by atoms with Gasteiger partial charge in [-0.1, -0.05) is 0 Å². The smallest absolute Gasteiger partial charge is 0.307 e. The number of fused-ring (bicyclic) bond motifs is 1. The third kappa shape index (κ3) is 4.59. The Hall–Kier alpha value is -2.33. The Morgan fingerprint density at radius 2 is 1.96 bits per heavy atom. The lowest BCUT2D eigenvalue weighted by Gasteiger charge is -2.18. The Balaban J connectivity index is 1.92. The van der Waals surface area contributed by atoms with Gasteiger partial charge in [0.25, 0.3) is 5.91 Å². The number of nitrogens with two attached hydrogens (primary N) is 1. The van der Waals surface area contributed by atoms with Crippen LogP contribution in [0.5, 0.6) is 11.5 Å². The summed E-state index contributed by atoms with van der Waals surface area (Å²) in [5.41, 5.74) is 4.96. The Bertz CT molecular complexity index is 733. The Kier molecular flexibility index (Phi) is 5.62. The second-order valence-corrected chi connectivity index (χ2v) is 6.75. The van der Waals surface area contributed by atoms with Crippen LogP contribution >= 0.6 is 0 Å². The summed E-state index contributed by atoms with van der Waals surface area (Å²) >= 11 is 0. The summed E-state index contributed by atoms with van der Waals surface area (Å²) in [4.78, 5) is 22.2. The van der Waals surface area contributed by atoms with E-state index in [1.807, 2.05) is 0 Å². The molecule has 2 rings (SSSR count). The molecule has 0 aliphatic carbocycles. The molecule has 0 radical (unpaired) electrons. The van der Waals surface area contributed by atoms with Gasteiger partial charge in [0.15, 0.2) is 17.6 Å². The molecule has 9 nitrogen and oxygen atoms in total. The molecule has 0 bridgehead atoms. The average Bonchev–Trinajstić information content (AvgIpc) is 2.54. The van der Waals surface area contributed by atoms with E-state index in [1.54, 1.807) is 0 Å². The minimum absolute atomic E-state index is 0.00868. The van der Waals surface area contributed by atoms with Crippen LogP contribution < -0.4 is 19.9 Å². The van der Waals surface area contributed by atoms with Crippen LogP contribution in [-0.2, 0) is 24.3 Å². The third-order valence-corrected chi connectivity index (χ3v) is 4.61. The normalized spacial score (nSPS) is 14.7. The fraction of sp³-hybridized carbons (Fsp3) is 0.429. The number of ether oxygens (including phenoxy) is 3. The van der Waals surface area contributed by atoms with Crippen molar-refractivity contribution in [2.75, 3.05) is 19.8 Å². The molecular weight excluding hydrogens is 340 g/mol. The molecule has 0 aromatic heterocycles. The van der Waals surface area contributed by atoms with Crippen molar-refractivity contribution in [3.05, 3.63) is 18.2 Å². The van der Waals surface area contributed by atoms with E-state index >= 15 is 0 Å². The summed E-state index contributed by atoms with van der Waals surface area (Å²) in [6.07, 6.45) is -1.30. The van der Waals surface area contributed by atoms with Gasteiger partial charge in [-0.2, -0.15) is 0 Å². The SMILES string of the molecule is C[C@H](OC(=O)CCNS(=O)(=O)c1ccc2c(c1)OCCO2)C(N)=O. The maximum Gasteiger partial charge on any atom is 0.307 e. The van der Waals surface area contributed by atoms with E-state index in [2.05, 4.69) is 4.72 Å². The fourth-order valence-electron chi connectivity index (χ4n) is 1.88. The lowest BCUT2D eigenvalue weighted by Crippen LogP contribution is -2.32. The van der Waals surface area contributed by atoms with Gasteiger partial charge in [-0.05, 0) is 19.1 Å². The summed E-state index contributed by atoms with van der Waals surface area (Å²) in [6.45, 7) is 1.90. The maximum absolute atomic E-state index is 12.2. The lowest BCUT2D eigenvalue weighted by molar-refractivity contribution is -0.153. The summed E-state index contributed by atoms with van der Waals surface area (Å²) in [5, 5.41) is 0. The molecule has 1 aliphatic rings. The number of carbonyl (C=O) groups excluding carboxylic acids is 2. The summed E-state index contributed by atoms with van der Waals surface area (Å²) in [7, 11) is -3.82. The predicted molar refractivity (Wildman–Crippen MR) is 82.0 cm³/mol. The second-order valence-electron chi connectivity index (χ2n) is 4.99.